The largest absolute Gasteiger partial charge is 0.497 e. The molecule has 0 aliphatic rings. The van der Waals surface area contributed by atoms with Crippen molar-refractivity contribution in [1.29, 1.82) is 0 Å². The van der Waals surface area contributed by atoms with Crippen LogP contribution in [0.2, 0.25) is 0 Å². The van der Waals surface area contributed by atoms with Crippen molar-refractivity contribution in [2.24, 2.45) is 5.73 Å². The number of rotatable bonds is 4. The molecule has 2 N–H and O–H groups in total. The summed E-state index contributed by atoms with van der Waals surface area (Å²) in [5, 5.41) is 1.01. The normalized spacial score (nSPS) is 12.3. The van der Waals surface area contributed by atoms with Gasteiger partial charge in [-0.25, -0.2) is 0 Å². The molecule has 4 heteroatoms. The molecule has 108 valence electrons. The van der Waals surface area contributed by atoms with Gasteiger partial charge in [-0.05, 0) is 35.9 Å². The van der Waals surface area contributed by atoms with Crippen LogP contribution in [0.25, 0.3) is 11.0 Å². The molecule has 0 amide bonds. The quantitative estimate of drug-likeness (QED) is 0.796. The number of ether oxygens (including phenoxy) is 2. The molecular formula is C17H17NO3. The molecule has 3 rings (SSSR count). The highest BCUT2D eigenvalue weighted by atomic mass is 16.5. The molecule has 1 unspecified atom stereocenters. The van der Waals surface area contributed by atoms with Gasteiger partial charge in [-0.1, -0.05) is 12.1 Å². The van der Waals surface area contributed by atoms with Crippen LogP contribution in [0.15, 0.2) is 52.9 Å². The number of methoxy groups -OCH3 is 2. The van der Waals surface area contributed by atoms with E-state index in [1.807, 2.05) is 48.5 Å². The van der Waals surface area contributed by atoms with Crippen molar-refractivity contribution in [3.63, 3.8) is 0 Å². The van der Waals surface area contributed by atoms with E-state index in [4.69, 9.17) is 19.6 Å². The van der Waals surface area contributed by atoms with Gasteiger partial charge in [0.2, 0.25) is 0 Å². The lowest BCUT2D eigenvalue weighted by Crippen LogP contribution is -2.10. The standard InChI is InChI=1S/C17H17NO3/c1-19-13-6-3-11(4-7-13)17(18)16-9-12-5-8-14(20-2)10-15(12)21-16/h3-10,17H,18H2,1-2H3. The molecule has 0 saturated heterocycles. The van der Waals surface area contributed by atoms with E-state index < -0.39 is 0 Å². The molecule has 21 heavy (non-hydrogen) atoms. The Morgan fingerprint density at radius 1 is 0.905 bits per heavy atom. The van der Waals surface area contributed by atoms with Crippen LogP contribution in [-0.2, 0) is 0 Å². The molecule has 0 aliphatic carbocycles. The average Bonchev–Trinajstić information content (AvgIpc) is 2.97. The summed E-state index contributed by atoms with van der Waals surface area (Å²) in [6.07, 6.45) is 0. The average molecular weight is 283 g/mol. The molecule has 3 aromatic rings. The number of hydrogen-bond acceptors (Lipinski definition) is 4. The van der Waals surface area contributed by atoms with Crippen molar-refractivity contribution in [3.8, 4) is 11.5 Å². The second kappa shape index (κ2) is 5.50. The van der Waals surface area contributed by atoms with Gasteiger partial charge in [0.1, 0.15) is 22.8 Å². The highest BCUT2D eigenvalue weighted by molar-refractivity contribution is 5.79. The maximum absolute atomic E-state index is 6.28. The van der Waals surface area contributed by atoms with Gasteiger partial charge in [0.05, 0.1) is 20.3 Å². The Morgan fingerprint density at radius 2 is 1.57 bits per heavy atom. The Hall–Kier alpha value is -2.46. The smallest absolute Gasteiger partial charge is 0.138 e. The molecule has 0 spiro atoms. The second-order valence-electron chi connectivity index (χ2n) is 4.80. The topological polar surface area (TPSA) is 57.6 Å². The highest BCUT2D eigenvalue weighted by Gasteiger charge is 2.14. The lowest BCUT2D eigenvalue weighted by molar-refractivity contribution is 0.413. The first-order chi connectivity index (χ1) is 10.2. The fraction of sp³-hybridized carbons (Fsp3) is 0.176. The zero-order valence-electron chi connectivity index (χ0n) is 12.0. The molecule has 0 bridgehead atoms. The summed E-state index contributed by atoms with van der Waals surface area (Å²) in [4.78, 5) is 0. The van der Waals surface area contributed by atoms with Crippen LogP contribution < -0.4 is 15.2 Å². The predicted octanol–water partition coefficient (Wildman–Crippen LogP) is 3.50. The lowest BCUT2D eigenvalue weighted by Gasteiger charge is -2.09. The third-order valence-electron chi connectivity index (χ3n) is 3.53. The first-order valence-electron chi connectivity index (χ1n) is 6.68. The Labute approximate surface area is 123 Å². The zero-order valence-corrected chi connectivity index (χ0v) is 12.0. The van der Waals surface area contributed by atoms with Gasteiger partial charge in [0.25, 0.3) is 0 Å². The first-order valence-corrected chi connectivity index (χ1v) is 6.68. The summed E-state index contributed by atoms with van der Waals surface area (Å²) in [6.45, 7) is 0. The highest BCUT2D eigenvalue weighted by Crippen LogP contribution is 2.29. The molecule has 0 fully saturated rings. The van der Waals surface area contributed by atoms with Crippen molar-refractivity contribution in [2.75, 3.05) is 14.2 Å². The van der Waals surface area contributed by atoms with E-state index in [-0.39, 0.29) is 6.04 Å². The van der Waals surface area contributed by atoms with E-state index in [9.17, 15) is 0 Å². The van der Waals surface area contributed by atoms with Gasteiger partial charge in [0, 0.05) is 11.5 Å². The van der Waals surface area contributed by atoms with E-state index in [0.717, 1.165) is 33.8 Å². The number of nitrogens with two attached hydrogens (primary N) is 1. The van der Waals surface area contributed by atoms with Gasteiger partial charge < -0.3 is 19.6 Å². The van der Waals surface area contributed by atoms with Gasteiger partial charge in [-0.2, -0.15) is 0 Å². The molecule has 1 atom stereocenters. The van der Waals surface area contributed by atoms with Crippen LogP contribution in [0, 0.1) is 0 Å². The van der Waals surface area contributed by atoms with Crippen LogP contribution in [0.5, 0.6) is 11.5 Å². The van der Waals surface area contributed by atoms with Crippen LogP contribution >= 0.6 is 0 Å². The van der Waals surface area contributed by atoms with E-state index in [0.29, 0.717) is 0 Å². The molecular weight excluding hydrogens is 266 g/mol. The molecule has 2 aromatic carbocycles. The van der Waals surface area contributed by atoms with Crippen molar-refractivity contribution in [2.45, 2.75) is 6.04 Å². The Kier molecular flexibility index (Phi) is 3.54. The third kappa shape index (κ3) is 2.58. The van der Waals surface area contributed by atoms with Gasteiger partial charge in [0.15, 0.2) is 0 Å². The fourth-order valence-electron chi connectivity index (χ4n) is 2.29. The summed E-state index contributed by atoms with van der Waals surface area (Å²) < 4.78 is 16.2. The lowest BCUT2D eigenvalue weighted by atomic mass is 10.1. The Bertz CT molecular complexity index is 746. The van der Waals surface area contributed by atoms with Crippen LogP contribution in [-0.4, -0.2) is 14.2 Å². The van der Waals surface area contributed by atoms with Gasteiger partial charge >= 0.3 is 0 Å². The van der Waals surface area contributed by atoms with E-state index in [1.54, 1.807) is 14.2 Å². The minimum absolute atomic E-state index is 0.311. The predicted molar refractivity (Wildman–Crippen MR) is 81.8 cm³/mol. The second-order valence-corrected chi connectivity index (χ2v) is 4.80. The van der Waals surface area contributed by atoms with Gasteiger partial charge in [-0.3, -0.25) is 0 Å². The monoisotopic (exact) mass is 283 g/mol. The van der Waals surface area contributed by atoms with Crippen LogP contribution in [0.1, 0.15) is 17.4 Å². The van der Waals surface area contributed by atoms with Crippen molar-refractivity contribution in [1.82, 2.24) is 0 Å². The third-order valence-corrected chi connectivity index (χ3v) is 3.53. The van der Waals surface area contributed by atoms with Crippen molar-refractivity contribution < 1.29 is 13.9 Å². The molecule has 0 saturated carbocycles. The Balaban J connectivity index is 1.94. The minimum atomic E-state index is -0.311. The summed E-state index contributed by atoms with van der Waals surface area (Å²) in [5.74, 6) is 2.30. The summed E-state index contributed by atoms with van der Waals surface area (Å²) >= 11 is 0. The van der Waals surface area contributed by atoms with E-state index >= 15 is 0 Å². The summed E-state index contributed by atoms with van der Waals surface area (Å²) in [7, 11) is 3.27. The first kappa shape index (κ1) is 13.5. The maximum Gasteiger partial charge on any atom is 0.138 e. The van der Waals surface area contributed by atoms with Crippen molar-refractivity contribution >= 4 is 11.0 Å². The molecule has 1 heterocycles. The number of fused-ring (bicyclic) bond motifs is 1. The van der Waals surface area contributed by atoms with E-state index in [1.165, 1.54) is 0 Å². The number of hydrogen-bond donors (Lipinski definition) is 1. The summed E-state index contributed by atoms with van der Waals surface area (Å²) in [5.41, 5.74) is 8.02. The molecule has 0 aliphatic heterocycles. The fourth-order valence-corrected chi connectivity index (χ4v) is 2.29. The SMILES string of the molecule is COc1ccc(C(N)c2cc3ccc(OC)cc3o2)cc1. The molecule has 1 aromatic heterocycles. The van der Waals surface area contributed by atoms with Crippen LogP contribution in [0.3, 0.4) is 0 Å². The van der Waals surface area contributed by atoms with Crippen molar-refractivity contribution in [3.05, 3.63) is 59.9 Å². The summed E-state index contributed by atoms with van der Waals surface area (Å²) in [6, 6.07) is 15.0. The number of benzene rings is 2. The van der Waals surface area contributed by atoms with Crippen LogP contribution in [0.4, 0.5) is 0 Å². The van der Waals surface area contributed by atoms with E-state index in [2.05, 4.69) is 0 Å². The molecule has 4 nitrogen and oxygen atoms in total. The maximum atomic E-state index is 6.28. The minimum Gasteiger partial charge on any atom is -0.497 e. The van der Waals surface area contributed by atoms with Gasteiger partial charge in [-0.15, -0.1) is 0 Å². The number of furan rings is 1. The Morgan fingerprint density at radius 3 is 2.24 bits per heavy atom. The zero-order chi connectivity index (χ0) is 14.8. The molecule has 0 radical (unpaired) electrons.